The average molecular weight is 457 g/mol. The zero-order valence-electron chi connectivity index (χ0n) is 19.0. The van der Waals surface area contributed by atoms with Crippen LogP contribution < -0.4 is 10.6 Å². The Hall–Kier alpha value is -2.67. The van der Waals surface area contributed by atoms with Crippen molar-refractivity contribution in [1.29, 1.82) is 0 Å². The monoisotopic (exact) mass is 456 g/mol. The Balaban J connectivity index is 1.95. The lowest BCUT2D eigenvalue weighted by molar-refractivity contribution is -0.116. The molecule has 3 rings (SSSR count). The van der Waals surface area contributed by atoms with Crippen LogP contribution in [0.4, 0.5) is 5.69 Å². The summed E-state index contributed by atoms with van der Waals surface area (Å²) in [6.45, 7) is 5.89. The molecule has 2 amide bonds. The summed E-state index contributed by atoms with van der Waals surface area (Å²) in [7, 11) is -3.87. The summed E-state index contributed by atoms with van der Waals surface area (Å²) in [4.78, 5) is 25.3. The first kappa shape index (κ1) is 24.0. The Morgan fingerprint density at radius 3 is 2.38 bits per heavy atom. The van der Waals surface area contributed by atoms with E-state index in [1.807, 2.05) is 13.8 Å². The number of hydrogen-bond donors (Lipinski definition) is 2. The number of hydrogen-bond acceptors (Lipinski definition) is 4. The predicted octanol–water partition coefficient (Wildman–Crippen LogP) is 4.87. The molecule has 0 radical (unpaired) electrons. The highest BCUT2D eigenvalue weighted by Crippen LogP contribution is 2.30. The van der Waals surface area contributed by atoms with E-state index in [0.29, 0.717) is 17.9 Å². The summed E-state index contributed by atoms with van der Waals surface area (Å²) in [6.07, 6.45) is 5.17. The van der Waals surface area contributed by atoms with Crippen LogP contribution in [0.1, 0.15) is 68.3 Å². The summed E-state index contributed by atoms with van der Waals surface area (Å²) < 4.78 is 26.6. The summed E-state index contributed by atoms with van der Waals surface area (Å²) in [5.41, 5.74) is 1.41. The fourth-order valence-electron chi connectivity index (χ4n) is 4.07. The van der Waals surface area contributed by atoms with Crippen molar-refractivity contribution in [3.8, 4) is 0 Å². The number of rotatable bonds is 7. The molecule has 0 saturated heterocycles. The summed E-state index contributed by atoms with van der Waals surface area (Å²) in [5, 5.41) is 5.79. The number of benzene rings is 2. The SMILES string of the molecule is CCCC(=O)Nc1cc(C(=O)NC2CCCCC2C)ccc1S(=O)(=O)c1ccc(C)cc1. The number of sulfone groups is 1. The Labute approximate surface area is 190 Å². The van der Waals surface area contributed by atoms with Crippen LogP contribution in [0.15, 0.2) is 52.3 Å². The van der Waals surface area contributed by atoms with Crippen molar-refractivity contribution in [3.63, 3.8) is 0 Å². The lowest BCUT2D eigenvalue weighted by Crippen LogP contribution is -2.41. The predicted molar refractivity (Wildman–Crippen MR) is 125 cm³/mol. The van der Waals surface area contributed by atoms with Crippen molar-refractivity contribution < 1.29 is 18.0 Å². The van der Waals surface area contributed by atoms with Crippen molar-refractivity contribution in [3.05, 3.63) is 53.6 Å². The molecule has 1 fully saturated rings. The second-order valence-corrected chi connectivity index (χ2v) is 10.6. The van der Waals surface area contributed by atoms with Gasteiger partial charge in [-0.25, -0.2) is 8.42 Å². The standard InChI is InChI=1S/C25H32N2O4S/c1-4-7-24(28)26-22-16-19(25(29)27-21-9-6-5-8-18(21)3)12-15-23(22)32(30,31)20-13-10-17(2)11-14-20/h10-16,18,21H,4-9H2,1-3H3,(H,26,28)(H,27,29). The first-order chi connectivity index (χ1) is 15.2. The number of nitrogens with one attached hydrogen (secondary N) is 2. The van der Waals surface area contributed by atoms with Crippen LogP contribution in [-0.2, 0) is 14.6 Å². The molecule has 7 heteroatoms. The highest BCUT2D eigenvalue weighted by molar-refractivity contribution is 7.91. The molecule has 0 bridgehead atoms. The van der Waals surface area contributed by atoms with E-state index < -0.39 is 9.84 Å². The van der Waals surface area contributed by atoms with Gasteiger partial charge in [0.2, 0.25) is 15.7 Å². The molecule has 6 nitrogen and oxygen atoms in total. The van der Waals surface area contributed by atoms with Gasteiger partial charge in [-0.2, -0.15) is 0 Å². The van der Waals surface area contributed by atoms with Gasteiger partial charge in [0.25, 0.3) is 5.91 Å². The van der Waals surface area contributed by atoms with Gasteiger partial charge in [0, 0.05) is 18.0 Å². The van der Waals surface area contributed by atoms with Crippen LogP contribution in [-0.4, -0.2) is 26.3 Å². The maximum atomic E-state index is 13.3. The molecule has 1 aliphatic carbocycles. The molecule has 2 aromatic carbocycles. The van der Waals surface area contributed by atoms with Crippen molar-refractivity contribution in [2.24, 2.45) is 5.92 Å². The van der Waals surface area contributed by atoms with Gasteiger partial charge in [-0.05, 0) is 62.4 Å². The third-order valence-corrected chi connectivity index (χ3v) is 7.87. The van der Waals surface area contributed by atoms with E-state index in [1.165, 1.54) is 24.6 Å². The van der Waals surface area contributed by atoms with Gasteiger partial charge in [-0.1, -0.05) is 44.4 Å². The highest BCUT2D eigenvalue weighted by Gasteiger charge is 2.26. The minimum Gasteiger partial charge on any atom is -0.349 e. The fourth-order valence-corrected chi connectivity index (χ4v) is 5.46. The third-order valence-electron chi connectivity index (χ3n) is 6.04. The smallest absolute Gasteiger partial charge is 0.251 e. The van der Waals surface area contributed by atoms with Crippen LogP contribution in [0.2, 0.25) is 0 Å². The first-order valence-corrected chi connectivity index (χ1v) is 12.8. The van der Waals surface area contributed by atoms with Crippen LogP contribution in [0.3, 0.4) is 0 Å². The van der Waals surface area contributed by atoms with Gasteiger partial charge in [-0.3, -0.25) is 9.59 Å². The largest absolute Gasteiger partial charge is 0.349 e. The van der Waals surface area contributed by atoms with Gasteiger partial charge in [0.15, 0.2) is 0 Å². The van der Waals surface area contributed by atoms with Crippen LogP contribution in [0, 0.1) is 12.8 Å². The average Bonchev–Trinajstić information content (AvgIpc) is 2.75. The Morgan fingerprint density at radius 2 is 1.72 bits per heavy atom. The molecule has 0 aliphatic heterocycles. The first-order valence-electron chi connectivity index (χ1n) is 11.3. The van der Waals surface area contributed by atoms with Gasteiger partial charge in [-0.15, -0.1) is 0 Å². The second kappa shape index (κ2) is 10.3. The highest BCUT2D eigenvalue weighted by atomic mass is 32.2. The minimum absolute atomic E-state index is 0.0200. The summed E-state index contributed by atoms with van der Waals surface area (Å²) in [5.74, 6) is -0.141. The normalized spacial score (nSPS) is 18.7. The zero-order valence-corrected chi connectivity index (χ0v) is 19.8. The van der Waals surface area contributed by atoms with E-state index in [9.17, 15) is 18.0 Å². The van der Waals surface area contributed by atoms with Gasteiger partial charge in [0.05, 0.1) is 15.5 Å². The van der Waals surface area contributed by atoms with Crippen LogP contribution in [0.25, 0.3) is 0 Å². The number of amides is 2. The molecule has 32 heavy (non-hydrogen) atoms. The van der Waals surface area contributed by atoms with Crippen molar-refractivity contribution >= 4 is 27.3 Å². The minimum atomic E-state index is -3.87. The molecule has 2 aromatic rings. The molecular formula is C25H32N2O4S. The maximum Gasteiger partial charge on any atom is 0.251 e. The second-order valence-electron chi connectivity index (χ2n) is 8.67. The van der Waals surface area contributed by atoms with E-state index in [0.717, 1.165) is 24.8 Å². The molecule has 0 heterocycles. The van der Waals surface area contributed by atoms with E-state index in [4.69, 9.17) is 0 Å². The number of aryl methyl sites for hydroxylation is 1. The fraction of sp³-hybridized carbons (Fsp3) is 0.440. The third kappa shape index (κ3) is 5.57. The van der Waals surface area contributed by atoms with Crippen LogP contribution in [0.5, 0.6) is 0 Å². The quantitative estimate of drug-likeness (QED) is 0.621. The maximum absolute atomic E-state index is 13.3. The van der Waals surface area contributed by atoms with Crippen molar-refractivity contribution in [2.45, 2.75) is 75.1 Å². The van der Waals surface area contributed by atoms with Crippen molar-refractivity contribution in [1.82, 2.24) is 5.32 Å². The van der Waals surface area contributed by atoms with E-state index in [1.54, 1.807) is 24.3 Å². The number of anilines is 1. The molecule has 0 spiro atoms. The Kier molecular flexibility index (Phi) is 7.72. The molecule has 2 atom stereocenters. The topological polar surface area (TPSA) is 92.3 Å². The molecule has 1 aliphatic rings. The molecule has 0 aromatic heterocycles. The summed E-state index contributed by atoms with van der Waals surface area (Å²) in [6, 6.07) is 11.1. The zero-order chi connectivity index (χ0) is 23.3. The molecule has 1 saturated carbocycles. The lowest BCUT2D eigenvalue weighted by atomic mass is 9.86. The van der Waals surface area contributed by atoms with Gasteiger partial charge in [0.1, 0.15) is 0 Å². The Morgan fingerprint density at radius 1 is 1.03 bits per heavy atom. The number of carbonyl (C=O) groups excluding carboxylic acids is 2. The molecule has 2 N–H and O–H groups in total. The summed E-state index contributed by atoms with van der Waals surface area (Å²) >= 11 is 0. The molecule has 2 unspecified atom stereocenters. The molecule has 172 valence electrons. The lowest BCUT2D eigenvalue weighted by Gasteiger charge is -2.29. The van der Waals surface area contributed by atoms with Crippen molar-refractivity contribution in [2.75, 3.05) is 5.32 Å². The van der Waals surface area contributed by atoms with E-state index in [2.05, 4.69) is 17.6 Å². The number of carbonyl (C=O) groups is 2. The van der Waals surface area contributed by atoms with Gasteiger partial charge < -0.3 is 10.6 Å². The van der Waals surface area contributed by atoms with E-state index in [-0.39, 0.29) is 39.8 Å². The van der Waals surface area contributed by atoms with Crippen LogP contribution >= 0.6 is 0 Å². The Bertz CT molecular complexity index is 1080. The van der Waals surface area contributed by atoms with E-state index >= 15 is 0 Å². The molecular weight excluding hydrogens is 424 g/mol. The van der Waals surface area contributed by atoms with Gasteiger partial charge >= 0.3 is 0 Å².